The van der Waals surface area contributed by atoms with Gasteiger partial charge in [0.15, 0.2) is 5.69 Å². The fraction of sp³-hybridized carbons (Fsp3) is 0.435. The van der Waals surface area contributed by atoms with Crippen LogP contribution in [-0.4, -0.2) is 77.1 Å². The number of aliphatic hydroxyl groups is 1. The first-order chi connectivity index (χ1) is 15.5. The number of aliphatic hydroxyl groups excluding tert-OH is 1. The molecule has 2 aliphatic rings. The minimum absolute atomic E-state index is 0. The smallest absolute Gasteiger partial charge is 0.260 e. The van der Waals surface area contributed by atoms with Crippen molar-refractivity contribution in [3.63, 3.8) is 0 Å². The molecule has 0 radical (unpaired) electrons. The van der Waals surface area contributed by atoms with Crippen LogP contribution in [0.3, 0.4) is 0 Å². The Morgan fingerprint density at radius 2 is 1.97 bits per heavy atom. The van der Waals surface area contributed by atoms with Gasteiger partial charge < -0.3 is 37.2 Å². The quantitative estimate of drug-likeness (QED) is 0.341. The van der Waals surface area contributed by atoms with Crippen molar-refractivity contribution in [1.29, 1.82) is 5.41 Å². The van der Waals surface area contributed by atoms with Gasteiger partial charge in [0.25, 0.3) is 5.88 Å². The van der Waals surface area contributed by atoms with E-state index < -0.39 is 0 Å². The van der Waals surface area contributed by atoms with Gasteiger partial charge in [-0.05, 0) is 37.5 Å². The van der Waals surface area contributed by atoms with E-state index in [2.05, 4.69) is 12.1 Å². The Morgan fingerprint density at radius 1 is 1.18 bits per heavy atom. The molecule has 4 rings (SSSR count). The van der Waals surface area contributed by atoms with Crippen molar-refractivity contribution in [2.45, 2.75) is 19.3 Å². The molecule has 1 saturated heterocycles. The summed E-state index contributed by atoms with van der Waals surface area (Å²) in [5.41, 5.74) is 8.51. The first-order valence-electron chi connectivity index (χ1n) is 11.0. The van der Waals surface area contributed by atoms with Crippen molar-refractivity contribution in [3.05, 3.63) is 48.0 Å². The average molecular weight is 475 g/mol. The van der Waals surface area contributed by atoms with Crippen molar-refractivity contribution in [2.24, 2.45) is 10.7 Å². The number of nitrogens with two attached hydrogens (primary N) is 1. The topological polar surface area (TPSA) is 118 Å². The molecule has 0 atom stereocenters. The molecule has 0 bridgehead atoms. The number of nitrogens with one attached hydrogen (secondary N) is 1. The highest BCUT2D eigenvalue weighted by molar-refractivity contribution is 6.22. The van der Waals surface area contributed by atoms with Crippen LogP contribution in [0.5, 0.6) is 5.88 Å². The van der Waals surface area contributed by atoms with Gasteiger partial charge in [0.1, 0.15) is 25.5 Å². The second-order valence-electron chi connectivity index (χ2n) is 8.47. The molecule has 4 N–H and O–H groups in total. The number of likely N-dealkylation sites (N-methyl/N-ethyl adjacent to an activating group) is 1. The van der Waals surface area contributed by atoms with Crippen molar-refractivity contribution in [1.82, 2.24) is 9.61 Å². The fourth-order valence-corrected chi connectivity index (χ4v) is 4.11. The molecule has 2 aromatic rings. The summed E-state index contributed by atoms with van der Waals surface area (Å²) in [7, 11) is 2.29. The molecule has 10 heteroatoms. The van der Waals surface area contributed by atoms with Gasteiger partial charge in [-0.1, -0.05) is 6.07 Å². The molecule has 3 heterocycles. The zero-order valence-corrected chi connectivity index (χ0v) is 19.6. The Morgan fingerprint density at radius 3 is 2.73 bits per heavy atom. The van der Waals surface area contributed by atoms with Crippen molar-refractivity contribution < 1.29 is 31.5 Å². The van der Waals surface area contributed by atoms with E-state index in [0.717, 1.165) is 16.5 Å². The Labute approximate surface area is 199 Å². The molecule has 1 fully saturated rings. The summed E-state index contributed by atoms with van der Waals surface area (Å²) in [5.74, 6) is 0.764. The van der Waals surface area contributed by atoms with Crippen molar-refractivity contribution >= 4 is 22.6 Å². The van der Waals surface area contributed by atoms with Crippen LogP contribution in [0.25, 0.3) is 5.52 Å². The third kappa shape index (κ3) is 5.73. The number of likely N-dealkylation sites (tertiary alicyclic amines) is 1. The molecule has 1 aliphatic heterocycles. The van der Waals surface area contributed by atoms with E-state index in [1.165, 1.54) is 38.4 Å². The Kier molecular flexibility index (Phi) is 8.12. The van der Waals surface area contributed by atoms with Gasteiger partial charge >= 0.3 is 0 Å². The molecule has 178 valence electrons. The largest absolute Gasteiger partial charge is 1.00 e. The van der Waals surface area contributed by atoms with Gasteiger partial charge in [-0.3, -0.25) is 5.41 Å². The molecule has 33 heavy (non-hydrogen) atoms. The van der Waals surface area contributed by atoms with E-state index in [1.807, 2.05) is 24.4 Å². The standard InChI is InChI=1S/C23H31N6O3.ClH/c1-29(9-5-2-6-10-29)11-13-32-23-22(20-7-3-4-8-28(20)27-23)26-19-16-21(31-14-12-30)18(25)15-17(19)24;/h3-4,7-8,15-16,25,30H,2,5-6,9-14,24H2,1H3;1H/q+1;/p-1/b25-18?,26-19+;. The van der Waals surface area contributed by atoms with Crippen LogP contribution in [0, 0.1) is 5.41 Å². The summed E-state index contributed by atoms with van der Waals surface area (Å²) in [4.78, 5) is 4.76. The molecule has 0 unspecified atom stereocenters. The summed E-state index contributed by atoms with van der Waals surface area (Å²) in [6.07, 6.45) is 8.80. The maximum atomic E-state index is 9.04. The number of rotatable bonds is 8. The van der Waals surface area contributed by atoms with E-state index in [-0.39, 0.29) is 31.3 Å². The van der Waals surface area contributed by atoms with Crippen molar-refractivity contribution in [2.75, 3.05) is 46.5 Å². The lowest BCUT2D eigenvalue weighted by molar-refractivity contribution is -0.914. The third-order valence-corrected chi connectivity index (χ3v) is 5.96. The Bertz CT molecular complexity index is 1090. The van der Waals surface area contributed by atoms with Crippen LogP contribution < -0.4 is 22.9 Å². The van der Waals surface area contributed by atoms with Gasteiger partial charge in [0.05, 0.1) is 49.4 Å². The molecule has 0 aromatic carbocycles. The van der Waals surface area contributed by atoms with E-state index in [1.54, 1.807) is 10.6 Å². The summed E-state index contributed by atoms with van der Waals surface area (Å²) < 4.78 is 14.3. The molecule has 1 aliphatic carbocycles. The van der Waals surface area contributed by atoms with Gasteiger partial charge in [0, 0.05) is 12.3 Å². The monoisotopic (exact) mass is 474 g/mol. The van der Waals surface area contributed by atoms with Gasteiger partial charge in [-0.25, -0.2) is 9.51 Å². The minimum Gasteiger partial charge on any atom is -1.00 e. The van der Waals surface area contributed by atoms with Crippen LogP contribution in [0.1, 0.15) is 19.3 Å². The summed E-state index contributed by atoms with van der Waals surface area (Å²) in [6, 6.07) is 5.75. The lowest BCUT2D eigenvalue weighted by Crippen LogP contribution is -3.00. The summed E-state index contributed by atoms with van der Waals surface area (Å²) in [6.45, 7) is 3.78. The number of allylic oxidation sites excluding steroid dienone is 2. The van der Waals surface area contributed by atoms with Gasteiger partial charge in [-0.15, -0.1) is 5.10 Å². The van der Waals surface area contributed by atoms with Gasteiger partial charge in [0.2, 0.25) is 0 Å². The lowest BCUT2D eigenvalue weighted by atomic mass is 10.1. The second kappa shape index (κ2) is 10.8. The highest BCUT2D eigenvalue weighted by Crippen LogP contribution is 2.33. The molecule has 2 aromatic heterocycles. The number of fused-ring (bicyclic) bond motifs is 1. The number of aromatic nitrogens is 2. The van der Waals surface area contributed by atoms with E-state index in [4.69, 9.17) is 30.7 Å². The number of hydrogen-bond donors (Lipinski definition) is 3. The molecular formula is C23H31ClN6O3. The number of hydrogen-bond acceptors (Lipinski definition) is 7. The number of pyridine rings is 1. The summed E-state index contributed by atoms with van der Waals surface area (Å²) in [5, 5.41) is 21.7. The predicted molar refractivity (Wildman–Crippen MR) is 124 cm³/mol. The molecular weight excluding hydrogens is 444 g/mol. The Hall–Kier alpha value is -2.88. The summed E-state index contributed by atoms with van der Waals surface area (Å²) >= 11 is 0. The maximum Gasteiger partial charge on any atom is 0.260 e. The molecule has 0 amide bonds. The lowest BCUT2D eigenvalue weighted by Gasteiger charge is -2.37. The number of halogens is 1. The number of aliphatic imine (C=N–C) groups is 1. The van der Waals surface area contributed by atoms with E-state index in [0.29, 0.717) is 35.3 Å². The molecule has 0 saturated carbocycles. The van der Waals surface area contributed by atoms with E-state index in [9.17, 15) is 0 Å². The highest BCUT2D eigenvalue weighted by atomic mass is 35.5. The SMILES string of the molecule is C[N+]1(CCOc2nn3ccccc3c2/N=C2\C=C(OCCO)C(=N)C=C2N)CCCCC1.[Cl-]. The number of piperidine rings is 1. The van der Waals surface area contributed by atoms with Crippen LogP contribution >= 0.6 is 0 Å². The fourth-order valence-electron chi connectivity index (χ4n) is 4.11. The number of quaternary nitrogens is 1. The molecule has 9 nitrogen and oxygen atoms in total. The average Bonchev–Trinajstić information content (AvgIpc) is 3.12. The van der Waals surface area contributed by atoms with Crippen molar-refractivity contribution in [3.8, 4) is 5.88 Å². The Balaban J connectivity index is 0.00000306. The van der Waals surface area contributed by atoms with E-state index >= 15 is 0 Å². The maximum absolute atomic E-state index is 9.04. The first-order valence-corrected chi connectivity index (χ1v) is 11.0. The van der Waals surface area contributed by atoms with Crippen LogP contribution in [-0.2, 0) is 4.74 Å². The number of nitrogens with zero attached hydrogens (tertiary/aromatic N) is 4. The zero-order valence-electron chi connectivity index (χ0n) is 18.8. The normalized spacial score (nSPS) is 19.1. The zero-order chi connectivity index (χ0) is 22.6. The minimum atomic E-state index is -0.139. The first kappa shape index (κ1) is 24.8. The number of ether oxygens (including phenoxy) is 2. The highest BCUT2D eigenvalue weighted by Gasteiger charge is 2.25. The second-order valence-corrected chi connectivity index (χ2v) is 8.47. The van der Waals surface area contributed by atoms with Crippen LogP contribution in [0.2, 0.25) is 0 Å². The molecule has 0 spiro atoms. The third-order valence-electron chi connectivity index (χ3n) is 5.96. The van der Waals surface area contributed by atoms with Gasteiger partial charge in [-0.2, -0.15) is 0 Å². The van der Waals surface area contributed by atoms with Crippen LogP contribution in [0.4, 0.5) is 5.69 Å². The predicted octanol–water partition coefficient (Wildman–Crippen LogP) is -0.811. The van der Waals surface area contributed by atoms with Crippen LogP contribution in [0.15, 0.2) is 53.0 Å².